The fourth-order valence-electron chi connectivity index (χ4n) is 1.86. The van der Waals surface area contributed by atoms with E-state index in [1.165, 1.54) is 11.8 Å². The minimum atomic E-state index is -0.182. The largest absolute Gasteiger partial charge is 0.486 e. The standard InChI is InChI=1S/C16H18N4OS/c1-4-8-20-15(18-19-16(20)22-13(3)10-17)11-21-14-7-5-6-12(2)9-14/h4-7,9,13H,1,8,11H2,2-3H3/t13-/m0/s1. The van der Waals surface area contributed by atoms with E-state index in [1.54, 1.807) is 6.08 Å². The Morgan fingerprint density at radius 2 is 2.32 bits per heavy atom. The number of nitrogens with zero attached hydrogens (tertiary/aromatic N) is 4. The summed E-state index contributed by atoms with van der Waals surface area (Å²) in [5.74, 6) is 1.52. The Morgan fingerprint density at radius 3 is 3.00 bits per heavy atom. The number of hydrogen-bond acceptors (Lipinski definition) is 5. The van der Waals surface area contributed by atoms with E-state index in [2.05, 4.69) is 22.8 Å². The molecule has 0 aliphatic carbocycles. The van der Waals surface area contributed by atoms with Crippen molar-refractivity contribution >= 4 is 11.8 Å². The Balaban J connectivity index is 2.13. The average molecular weight is 314 g/mol. The lowest BCUT2D eigenvalue weighted by molar-refractivity contribution is 0.289. The van der Waals surface area contributed by atoms with E-state index >= 15 is 0 Å². The number of hydrogen-bond donors (Lipinski definition) is 0. The number of thioether (sulfide) groups is 1. The van der Waals surface area contributed by atoms with Crippen molar-refractivity contribution in [2.45, 2.75) is 37.4 Å². The summed E-state index contributed by atoms with van der Waals surface area (Å²) in [6, 6.07) is 10.0. The first kappa shape index (κ1) is 16.1. The summed E-state index contributed by atoms with van der Waals surface area (Å²) < 4.78 is 7.69. The molecule has 0 aliphatic heterocycles. The number of benzene rings is 1. The van der Waals surface area contributed by atoms with Crippen molar-refractivity contribution in [2.24, 2.45) is 0 Å². The lowest BCUT2D eigenvalue weighted by Gasteiger charge is -2.09. The molecule has 22 heavy (non-hydrogen) atoms. The predicted molar refractivity (Wildman–Crippen MR) is 86.7 cm³/mol. The highest BCUT2D eigenvalue weighted by atomic mass is 32.2. The topological polar surface area (TPSA) is 63.7 Å². The minimum Gasteiger partial charge on any atom is -0.486 e. The molecule has 2 rings (SSSR count). The molecule has 0 unspecified atom stereocenters. The number of aryl methyl sites for hydroxylation is 1. The van der Waals surface area contributed by atoms with Crippen LogP contribution >= 0.6 is 11.8 Å². The third-order valence-electron chi connectivity index (χ3n) is 2.93. The van der Waals surface area contributed by atoms with E-state index in [1.807, 2.05) is 42.7 Å². The molecule has 1 heterocycles. The lowest BCUT2D eigenvalue weighted by atomic mass is 10.2. The first-order valence-corrected chi connectivity index (χ1v) is 7.80. The number of ether oxygens (including phenoxy) is 1. The molecule has 2 aromatic rings. The Kier molecular flexibility index (Phi) is 5.61. The Labute approximate surface area is 134 Å². The van der Waals surface area contributed by atoms with Gasteiger partial charge in [0.15, 0.2) is 11.0 Å². The monoisotopic (exact) mass is 314 g/mol. The molecule has 1 aromatic carbocycles. The van der Waals surface area contributed by atoms with Gasteiger partial charge in [-0.2, -0.15) is 5.26 Å². The molecule has 0 aliphatic rings. The predicted octanol–water partition coefficient (Wildman–Crippen LogP) is 3.36. The number of aromatic nitrogens is 3. The third kappa shape index (κ3) is 4.12. The first-order chi connectivity index (χ1) is 10.6. The summed E-state index contributed by atoms with van der Waals surface area (Å²) in [6.45, 7) is 8.52. The van der Waals surface area contributed by atoms with Crippen LogP contribution in [-0.2, 0) is 13.2 Å². The Morgan fingerprint density at radius 1 is 1.50 bits per heavy atom. The van der Waals surface area contributed by atoms with Gasteiger partial charge in [0.05, 0.1) is 11.3 Å². The van der Waals surface area contributed by atoms with Crippen molar-refractivity contribution in [2.75, 3.05) is 0 Å². The molecule has 5 nitrogen and oxygen atoms in total. The molecule has 114 valence electrons. The molecule has 0 fully saturated rings. The van der Waals surface area contributed by atoms with E-state index in [4.69, 9.17) is 10.00 Å². The molecule has 6 heteroatoms. The van der Waals surface area contributed by atoms with Gasteiger partial charge in [-0.25, -0.2) is 0 Å². The highest BCUT2D eigenvalue weighted by Crippen LogP contribution is 2.22. The van der Waals surface area contributed by atoms with E-state index in [0.717, 1.165) is 11.3 Å². The van der Waals surface area contributed by atoms with Crippen molar-refractivity contribution in [3.8, 4) is 11.8 Å². The minimum absolute atomic E-state index is 0.182. The van der Waals surface area contributed by atoms with E-state index < -0.39 is 0 Å². The molecular weight excluding hydrogens is 296 g/mol. The van der Waals surface area contributed by atoms with Crippen LogP contribution in [0.1, 0.15) is 18.3 Å². The highest BCUT2D eigenvalue weighted by molar-refractivity contribution is 8.00. The van der Waals surface area contributed by atoms with E-state index in [0.29, 0.717) is 24.1 Å². The third-order valence-corrected chi connectivity index (χ3v) is 3.90. The maximum absolute atomic E-state index is 8.93. The zero-order valence-electron chi connectivity index (χ0n) is 12.7. The smallest absolute Gasteiger partial charge is 0.192 e. The Hall–Kier alpha value is -2.26. The lowest BCUT2D eigenvalue weighted by Crippen LogP contribution is -2.08. The van der Waals surface area contributed by atoms with Crippen LogP contribution in [0.3, 0.4) is 0 Å². The van der Waals surface area contributed by atoms with Gasteiger partial charge in [0.2, 0.25) is 0 Å². The molecular formula is C16H18N4OS. The van der Waals surface area contributed by atoms with Gasteiger partial charge in [0, 0.05) is 6.54 Å². The SMILES string of the molecule is C=CCn1c(COc2cccc(C)c2)nnc1S[C@@H](C)C#N. The van der Waals surface area contributed by atoms with Crippen LogP contribution in [0.2, 0.25) is 0 Å². The zero-order chi connectivity index (χ0) is 15.9. The van der Waals surface area contributed by atoms with Crippen LogP contribution in [0, 0.1) is 18.3 Å². The average Bonchev–Trinajstić information content (AvgIpc) is 2.88. The van der Waals surface area contributed by atoms with Crippen LogP contribution in [0.4, 0.5) is 0 Å². The molecule has 1 aromatic heterocycles. The van der Waals surface area contributed by atoms with Gasteiger partial charge in [-0.05, 0) is 31.5 Å². The first-order valence-electron chi connectivity index (χ1n) is 6.92. The second-order valence-corrected chi connectivity index (χ2v) is 6.10. The number of allylic oxidation sites excluding steroid dienone is 1. The summed E-state index contributed by atoms with van der Waals surface area (Å²) >= 11 is 1.38. The van der Waals surface area contributed by atoms with Gasteiger partial charge in [-0.3, -0.25) is 4.57 Å². The van der Waals surface area contributed by atoms with Crippen molar-refractivity contribution in [1.82, 2.24) is 14.8 Å². The second-order valence-electron chi connectivity index (χ2n) is 4.79. The van der Waals surface area contributed by atoms with Crippen LogP contribution in [-0.4, -0.2) is 20.0 Å². The molecule has 0 saturated heterocycles. The van der Waals surface area contributed by atoms with Crippen LogP contribution in [0.25, 0.3) is 0 Å². The quantitative estimate of drug-likeness (QED) is 0.579. The molecule has 0 saturated carbocycles. The highest BCUT2D eigenvalue weighted by Gasteiger charge is 2.15. The van der Waals surface area contributed by atoms with Crippen molar-refractivity contribution in [3.05, 3.63) is 48.3 Å². The van der Waals surface area contributed by atoms with Gasteiger partial charge in [0.1, 0.15) is 12.4 Å². The van der Waals surface area contributed by atoms with E-state index in [9.17, 15) is 0 Å². The van der Waals surface area contributed by atoms with Crippen LogP contribution in [0.15, 0.2) is 42.1 Å². The maximum atomic E-state index is 8.93. The van der Waals surface area contributed by atoms with Crippen molar-refractivity contribution in [3.63, 3.8) is 0 Å². The molecule has 1 atom stereocenters. The van der Waals surface area contributed by atoms with Crippen molar-refractivity contribution in [1.29, 1.82) is 5.26 Å². The van der Waals surface area contributed by atoms with E-state index in [-0.39, 0.29) is 5.25 Å². The van der Waals surface area contributed by atoms with Crippen molar-refractivity contribution < 1.29 is 4.74 Å². The normalized spacial score (nSPS) is 11.7. The summed E-state index contributed by atoms with van der Waals surface area (Å²) in [5.41, 5.74) is 1.14. The molecule has 0 bridgehead atoms. The van der Waals surface area contributed by atoms with Gasteiger partial charge in [-0.1, -0.05) is 30.0 Å². The fourth-order valence-corrected chi connectivity index (χ4v) is 2.63. The van der Waals surface area contributed by atoms with Gasteiger partial charge in [0.25, 0.3) is 0 Å². The van der Waals surface area contributed by atoms with Gasteiger partial charge < -0.3 is 4.74 Å². The van der Waals surface area contributed by atoms with Crippen LogP contribution in [0.5, 0.6) is 5.75 Å². The summed E-state index contributed by atoms with van der Waals surface area (Å²) in [7, 11) is 0. The summed E-state index contributed by atoms with van der Waals surface area (Å²) in [6.07, 6.45) is 1.78. The molecule has 0 radical (unpaired) electrons. The summed E-state index contributed by atoms with van der Waals surface area (Å²) in [4.78, 5) is 0. The second kappa shape index (κ2) is 7.66. The van der Waals surface area contributed by atoms with Gasteiger partial charge in [-0.15, -0.1) is 16.8 Å². The molecule has 0 N–H and O–H groups in total. The maximum Gasteiger partial charge on any atom is 0.192 e. The Bertz CT molecular complexity index is 690. The van der Waals surface area contributed by atoms with Gasteiger partial charge >= 0.3 is 0 Å². The number of nitriles is 1. The summed E-state index contributed by atoms with van der Waals surface area (Å²) in [5, 5.41) is 17.8. The fraction of sp³-hybridized carbons (Fsp3) is 0.312. The number of rotatable bonds is 7. The molecule has 0 amide bonds. The zero-order valence-corrected chi connectivity index (χ0v) is 13.5. The molecule has 0 spiro atoms. The van der Waals surface area contributed by atoms with Crippen LogP contribution < -0.4 is 4.74 Å².